The van der Waals surface area contributed by atoms with Crippen LogP contribution in [0.4, 0.5) is 0 Å². The SMILES string of the molecule is CC(=O)NCCC1CC(c2ccccc2)Cc2ccc(O)cc21. The zero-order chi connectivity index (χ0) is 16.2. The van der Waals surface area contributed by atoms with Gasteiger partial charge in [-0.05, 0) is 59.9 Å². The number of hydrogen-bond acceptors (Lipinski definition) is 2. The molecule has 120 valence electrons. The van der Waals surface area contributed by atoms with Crippen LogP contribution in [0.3, 0.4) is 0 Å². The Balaban J connectivity index is 1.84. The number of hydrogen-bond donors (Lipinski definition) is 2. The minimum absolute atomic E-state index is 0.0107. The number of amides is 1. The van der Waals surface area contributed by atoms with Crippen LogP contribution < -0.4 is 5.32 Å². The van der Waals surface area contributed by atoms with Crippen molar-refractivity contribution in [1.82, 2.24) is 5.32 Å². The number of carbonyl (C=O) groups excluding carboxylic acids is 1. The molecule has 2 N–H and O–H groups in total. The van der Waals surface area contributed by atoms with E-state index in [1.807, 2.05) is 18.2 Å². The topological polar surface area (TPSA) is 49.3 Å². The lowest BCUT2D eigenvalue weighted by molar-refractivity contribution is -0.118. The fraction of sp³-hybridized carbons (Fsp3) is 0.350. The molecule has 0 aromatic heterocycles. The first-order chi connectivity index (χ1) is 11.1. The Bertz CT molecular complexity index is 681. The number of carbonyl (C=O) groups is 1. The minimum atomic E-state index is 0.0107. The maximum absolute atomic E-state index is 11.1. The van der Waals surface area contributed by atoms with Gasteiger partial charge in [-0.2, -0.15) is 0 Å². The molecule has 2 aromatic rings. The largest absolute Gasteiger partial charge is 0.508 e. The maximum Gasteiger partial charge on any atom is 0.216 e. The molecule has 3 nitrogen and oxygen atoms in total. The highest BCUT2D eigenvalue weighted by atomic mass is 16.3. The fourth-order valence-electron chi connectivity index (χ4n) is 3.64. The van der Waals surface area contributed by atoms with Crippen molar-refractivity contribution < 1.29 is 9.90 Å². The van der Waals surface area contributed by atoms with Crippen LogP contribution >= 0.6 is 0 Å². The van der Waals surface area contributed by atoms with Crippen molar-refractivity contribution in [2.45, 2.75) is 38.0 Å². The van der Waals surface area contributed by atoms with Crippen LogP contribution in [0.5, 0.6) is 5.75 Å². The molecule has 23 heavy (non-hydrogen) atoms. The van der Waals surface area contributed by atoms with E-state index in [4.69, 9.17) is 0 Å². The fourth-order valence-corrected chi connectivity index (χ4v) is 3.64. The highest BCUT2D eigenvalue weighted by Crippen LogP contribution is 2.42. The van der Waals surface area contributed by atoms with Gasteiger partial charge in [0.2, 0.25) is 5.91 Å². The Hall–Kier alpha value is -2.29. The van der Waals surface area contributed by atoms with Gasteiger partial charge in [0.1, 0.15) is 5.75 Å². The predicted octanol–water partition coefficient (Wildman–Crippen LogP) is 3.73. The van der Waals surface area contributed by atoms with Crippen LogP contribution in [0.15, 0.2) is 48.5 Å². The molecule has 2 aromatic carbocycles. The number of rotatable bonds is 4. The van der Waals surface area contributed by atoms with Crippen molar-refractivity contribution >= 4 is 5.91 Å². The molecule has 3 rings (SSSR count). The van der Waals surface area contributed by atoms with Gasteiger partial charge in [-0.25, -0.2) is 0 Å². The monoisotopic (exact) mass is 309 g/mol. The number of fused-ring (bicyclic) bond motifs is 1. The normalized spacial score (nSPS) is 19.9. The van der Waals surface area contributed by atoms with Gasteiger partial charge >= 0.3 is 0 Å². The summed E-state index contributed by atoms with van der Waals surface area (Å²) < 4.78 is 0. The molecule has 0 aliphatic heterocycles. The Morgan fingerprint density at radius 3 is 2.74 bits per heavy atom. The molecule has 0 saturated heterocycles. The zero-order valence-electron chi connectivity index (χ0n) is 13.5. The van der Waals surface area contributed by atoms with Gasteiger partial charge in [0, 0.05) is 13.5 Å². The number of aromatic hydroxyl groups is 1. The standard InChI is InChI=1S/C20H23NO2/c1-14(22)21-10-9-17-12-18(15-5-3-2-4-6-15)11-16-7-8-19(23)13-20(16)17/h2-8,13,17-18,23H,9-12H2,1H3,(H,21,22). The molecule has 2 unspecified atom stereocenters. The highest BCUT2D eigenvalue weighted by Gasteiger charge is 2.28. The van der Waals surface area contributed by atoms with Gasteiger partial charge in [-0.15, -0.1) is 0 Å². The molecule has 0 radical (unpaired) electrons. The molecule has 0 heterocycles. The Morgan fingerprint density at radius 2 is 2.00 bits per heavy atom. The first kappa shape index (κ1) is 15.6. The van der Waals surface area contributed by atoms with E-state index in [2.05, 4.69) is 29.6 Å². The van der Waals surface area contributed by atoms with E-state index in [1.54, 1.807) is 13.0 Å². The Morgan fingerprint density at radius 1 is 1.22 bits per heavy atom. The summed E-state index contributed by atoms with van der Waals surface area (Å²) in [7, 11) is 0. The quantitative estimate of drug-likeness (QED) is 0.904. The zero-order valence-corrected chi connectivity index (χ0v) is 13.5. The van der Waals surface area contributed by atoms with E-state index < -0.39 is 0 Å². The van der Waals surface area contributed by atoms with E-state index >= 15 is 0 Å². The van der Waals surface area contributed by atoms with Crippen LogP contribution in [-0.4, -0.2) is 17.6 Å². The summed E-state index contributed by atoms with van der Waals surface area (Å²) in [5.41, 5.74) is 3.93. The summed E-state index contributed by atoms with van der Waals surface area (Å²) in [6.07, 6.45) is 2.97. The molecular weight excluding hydrogens is 286 g/mol. The van der Waals surface area contributed by atoms with Crippen molar-refractivity contribution in [2.75, 3.05) is 6.54 Å². The van der Waals surface area contributed by atoms with Gasteiger partial charge in [0.25, 0.3) is 0 Å². The third kappa shape index (κ3) is 3.73. The first-order valence-corrected chi connectivity index (χ1v) is 8.24. The van der Waals surface area contributed by atoms with Crippen LogP contribution in [-0.2, 0) is 11.2 Å². The van der Waals surface area contributed by atoms with Gasteiger partial charge in [-0.1, -0.05) is 36.4 Å². The molecule has 3 heteroatoms. The van der Waals surface area contributed by atoms with E-state index in [1.165, 1.54) is 16.7 Å². The maximum atomic E-state index is 11.1. The number of benzene rings is 2. The molecule has 1 aliphatic carbocycles. The van der Waals surface area contributed by atoms with Crippen LogP contribution in [0, 0.1) is 0 Å². The molecule has 1 amide bonds. The summed E-state index contributed by atoms with van der Waals surface area (Å²) in [5.74, 6) is 1.20. The molecule has 1 aliphatic rings. The minimum Gasteiger partial charge on any atom is -0.508 e. The number of nitrogens with one attached hydrogen (secondary N) is 1. The Kier molecular flexibility index (Phi) is 4.65. The van der Waals surface area contributed by atoms with E-state index in [-0.39, 0.29) is 5.91 Å². The Labute approximate surface area is 137 Å². The number of phenolic OH excluding ortho intramolecular Hbond substituents is 1. The third-order valence-electron chi connectivity index (χ3n) is 4.74. The average Bonchev–Trinajstić information content (AvgIpc) is 2.55. The summed E-state index contributed by atoms with van der Waals surface area (Å²) in [6, 6.07) is 16.3. The lowest BCUT2D eigenvalue weighted by Gasteiger charge is -2.32. The average molecular weight is 309 g/mol. The van der Waals surface area contributed by atoms with Crippen molar-refractivity contribution in [3.8, 4) is 5.75 Å². The van der Waals surface area contributed by atoms with Crippen LogP contribution in [0.1, 0.15) is 48.3 Å². The lowest BCUT2D eigenvalue weighted by atomic mass is 9.73. The summed E-state index contributed by atoms with van der Waals surface area (Å²) in [5, 5.41) is 12.7. The second-order valence-electron chi connectivity index (χ2n) is 6.40. The van der Waals surface area contributed by atoms with Crippen LogP contribution in [0.2, 0.25) is 0 Å². The molecule has 2 atom stereocenters. The molecule has 0 saturated carbocycles. The summed E-state index contributed by atoms with van der Waals surface area (Å²) in [4.78, 5) is 11.1. The molecular formula is C20H23NO2. The molecule has 0 fully saturated rings. The predicted molar refractivity (Wildman–Crippen MR) is 91.7 cm³/mol. The first-order valence-electron chi connectivity index (χ1n) is 8.24. The van der Waals surface area contributed by atoms with Gasteiger partial charge in [-0.3, -0.25) is 4.79 Å². The van der Waals surface area contributed by atoms with E-state index in [0.29, 0.717) is 24.1 Å². The molecule has 0 spiro atoms. The third-order valence-corrected chi connectivity index (χ3v) is 4.74. The van der Waals surface area contributed by atoms with Crippen molar-refractivity contribution in [3.63, 3.8) is 0 Å². The van der Waals surface area contributed by atoms with Gasteiger partial charge < -0.3 is 10.4 Å². The lowest BCUT2D eigenvalue weighted by Crippen LogP contribution is -2.25. The smallest absolute Gasteiger partial charge is 0.216 e. The second-order valence-corrected chi connectivity index (χ2v) is 6.40. The van der Waals surface area contributed by atoms with Gasteiger partial charge in [0.05, 0.1) is 0 Å². The molecule has 0 bridgehead atoms. The van der Waals surface area contributed by atoms with Gasteiger partial charge in [0.15, 0.2) is 0 Å². The van der Waals surface area contributed by atoms with Crippen molar-refractivity contribution in [2.24, 2.45) is 0 Å². The summed E-state index contributed by atoms with van der Waals surface area (Å²) >= 11 is 0. The second kappa shape index (κ2) is 6.86. The van der Waals surface area contributed by atoms with Crippen LogP contribution in [0.25, 0.3) is 0 Å². The van der Waals surface area contributed by atoms with Crippen molar-refractivity contribution in [1.29, 1.82) is 0 Å². The van der Waals surface area contributed by atoms with E-state index in [9.17, 15) is 9.90 Å². The van der Waals surface area contributed by atoms with Crippen molar-refractivity contribution in [3.05, 3.63) is 65.2 Å². The highest BCUT2D eigenvalue weighted by molar-refractivity contribution is 5.72. The summed E-state index contributed by atoms with van der Waals surface area (Å²) in [6.45, 7) is 2.23. The number of phenols is 1. The van der Waals surface area contributed by atoms with E-state index in [0.717, 1.165) is 19.3 Å².